The molecule has 0 aromatic heterocycles. The van der Waals surface area contributed by atoms with Gasteiger partial charge in [0.05, 0.1) is 22.6 Å². The fourth-order valence-electron chi connectivity index (χ4n) is 7.99. The molecule has 378 valence electrons. The molecule has 0 heterocycles. The number of carboxylic acid groups (broad SMARTS) is 2. The molecule has 0 saturated carbocycles. The third-order valence-electron chi connectivity index (χ3n) is 12.0. The number of unbranched alkanes of at least 4 members (excludes halogenated alkanes) is 8. The van der Waals surface area contributed by atoms with Gasteiger partial charge in [-0.05, 0) is 134 Å². The molecule has 4 N–H and O–H groups in total. The van der Waals surface area contributed by atoms with Crippen molar-refractivity contribution in [1.29, 1.82) is 0 Å². The Morgan fingerprint density at radius 1 is 0.423 bits per heavy atom. The summed E-state index contributed by atoms with van der Waals surface area (Å²) in [6.45, 7) is 1.63. The molecule has 0 bridgehead atoms. The Balaban J connectivity index is 0.000000264. The molecular weight excluding hydrogens is 950 g/mol. The molecule has 0 spiro atoms. The summed E-state index contributed by atoms with van der Waals surface area (Å²) in [5.41, 5.74) is 7.34. The number of nitrogens with one attached hydrogen (secondary N) is 2. The van der Waals surface area contributed by atoms with Crippen molar-refractivity contribution in [3.63, 3.8) is 0 Å². The fraction of sp³-hybridized carbons (Fsp3) is 0.321. The Kier molecular flexibility index (Phi) is 22.2. The van der Waals surface area contributed by atoms with E-state index in [0.29, 0.717) is 24.5 Å². The molecule has 6 rings (SSSR count). The van der Waals surface area contributed by atoms with Crippen LogP contribution in [0.4, 0.5) is 24.5 Å². The number of carboxylic acids is 2. The average Bonchev–Trinajstić information content (AvgIpc) is 3.35. The van der Waals surface area contributed by atoms with Gasteiger partial charge in [-0.25, -0.2) is 39.6 Å². The van der Waals surface area contributed by atoms with Crippen molar-refractivity contribution in [1.82, 2.24) is 0 Å². The monoisotopic (exact) mass is 1010 g/mol. The molecule has 0 radical (unpaired) electrons. The maximum absolute atomic E-state index is 13.8. The van der Waals surface area contributed by atoms with Crippen LogP contribution >= 0.6 is 0 Å². The van der Waals surface area contributed by atoms with Crippen LogP contribution in [0, 0.1) is 17.5 Å². The first-order valence-corrected chi connectivity index (χ1v) is 27.4. The zero-order chi connectivity index (χ0) is 51.1. The Hall–Kier alpha value is -6.45. The summed E-state index contributed by atoms with van der Waals surface area (Å²) in [6, 6.07) is 38.3. The fourth-order valence-corrected chi connectivity index (χ4v) is 10.9. The number of para-hydroxylation sites is 2. The summed E-state index contributed by atoms with van der Waals surface area (Å²) in [5.74, 6) is -4.55. The lowest BCUT2D eigenvalue weighted by Crippen LogP contribution is -2.09. The number of hydrogen-bond donors (Lipinski definition) is 4. The third-order valence-corrected chi connectivity index (χ3v) is 15.7. The second-order valence-corrected chi connectivity index (χ2v) is 21.5. The highest BCUT2D eigenvalue weighted by Gasteiger charge is 2.20. The summed E-state index contributed by atoms with van der Waals surface area (Å²) in [7, 11) is -7.33. The van der Waals surface area contributed by atoms with Gasteiger partial charge in [0.1, 0.15) is 27.2 Å². The largest absolute Gasteiger partial charge is 0.478 e. The lowest BCUT2D eigenvalue weighted by atomic mass is 10.0. The molecule has 15 heteroatoms. The molecule has 0 fully saturated rings. The van der Waals surface area contributed by atoms with E-state index in [0.717, 1.165) is 125 Å². The van der Waals surface area contributed by atoms with Crippen molar-refractivity contribution in [2.45, 2.75) is 99.7 Å². The van der Waals surface area contributed by atoms with Crippen LogP contribution in [0.25, 0.3) is 0 Å². The number of hydrogen-bond acceptors (Lipinski definition) is 8. The van der Waals surface area contributed by atoms with Gasteiger partial charge in [-0.2, -0.15) is 0 Å². The van der Waals surface area contributed by atoms with E-state index in [1.54, 1.807) is 30.3 Å². The first-order valence-electron chi connectivity index (χ1n) is 24.1. The molecule has 0 aliphatic rings. The van der Waals surface area contributed by atoms with Crippen LogP contribution in [0.15, 0.2) is 149 Å². The van der Waals surface area contributed by atoms with Crippen molar-refractivity contribution >= 4 is 43.0 Å². The van der Waals surface area contributed by atoms with Gasteiger partial charge in [0.15, 0.2) is 19.7 Å². The van der Waals surface area contributed by atoms with Crippen LogP contribution in [-0.2, 0) is 45.4 Å². The van der Waals surface area contributed by atoms with Crippen LogP contribution in [0.5, 0.6) is 0 Å². The van der Waals surface area contributed by atoms with Gasteiger partial charge in [-0.3, -0.25) is 0 Å². The van der Waals surface area contributed by atoms with E-state index >= 15 is 0 Å². The number of sulfone groups is 2. The van der Waals surface area contributed by atoms with Crippen molar-refractivity contribution in [3.8, 4) is 0 Å². The predicted molar refractivity (Wildman–Crippen MR) is 275 cm³/mol. The van der Waals surface area contributed by atoms with Gasteiger partial charge >= 0.3 is 11.9 Å². The minimum absolute atomic E-state index is 0.0292. The first-order chi connectivity index (χ1) is 34.1. The smallest absolute Gasteiger partial charge is 0.335 e. The molecule has 6 aromatic rings. The van der Waals surface area contributed by atoms with E-state index in [1.165, 1.54) is 29.3 Å². The van der Waals surface area contributed by atoms with Crippen LogP contribution in [-0.4, -0.2) is 63.6 Å². The van der Waals surface area contributed by atoms with Crippen LogP contribution in [0.2, 0.25) is 0 Å². The topological polar surface area (TPSA) is 167 Å². The molecule has 71 heavy (non-hydrogen) atoms. The van der Waals surface area contributed by atoms with Gasteiger partial charge in [-0.1, -0.05) is 111 Å². The Bertz CT molecular complexity index is 2860. The molecule has 0 amide bonds. The summed E-state index contributed by atoms with van der Waals surface area (Å²) < 4.78 is 89.6. The van der Waals surface area contributed by atoms with E-state index < -0.39 is 54.0 Å². The maximum Gasteiger partial charge on any atom is 0.335 e. The summed E-state index contributed by atoms with van der Waals surface area (Å²) in [6.07, 6.45) is 11.5. The summed E-state index contributed by atoms with van der Waals surface area (Å²) >= 11 is 0. The number of halogens is 3. The zero-order valence-electron chi connectivity index (χ0n) is 39.8. The molecule has 0 atom stereocenters. The van der Waals surface area contributed by atoms with Crippen LogP contribution in [0.3, 0.4) is 0 Å². The minimum Gasteiger partial charge on any atom is -0.478 e. The lowest BCUT2D eigenvalue weighted by Gasteiger charge is -2.12. The van der Waals surface area contributed by atoms with Crippen molar-refractivity contribution in [2.75, 3.05) is 35.2 Å². The molecule has 10 nitrogen and oxygen atoms in total. The number of aromatic carboxylic acids is 2. The van der Waals surface area contributed by atoms with E-state index in [-0.39, 0.29) is 22.0 Å². The highest BCUT2D eigenvalue weighted by atomic mass is 32.2. The number of rotatable bonds is 28. The van der Waals surface area contributed by atoms with E-state index in [9.17, 15) is 39.6 Å². The molecule has 6 aromatic carbocycles. The van der Waals surface area contributed by atoms with E-state index in [4.69, 9.17) is 10.2 Å². The van der Waals surface area contributed by atoms with Gasteiger partial charge in [0, 0.05) is 30.5 Å². The van der Waals surface area contributed by atoms with Crippen LogP contribution in [0.1, 0.15) is 107 Å². The van der Waals surface area contributed by atoms with Gasteiger partial charge < -0.3 is 20.8 Å². The first kappa shape index (κ1) is 55.5. The predicted octanol–water partition coefficient (Wildman–Crippen LogP) is 12.4. The summed E-state index contributed by atoms with van der Waals surface area (Å²) in [5, 5.41) is 25.0. The van der Waals surface area contributed by atoms with Crippen molar-refractivity contribution in [2.24, 2.45) is 0 Å². The normalized spacial score (nSPS) is 11.4. The Labute approximate surface area is 416 Å². The molecule has 0 unspecified atom stereocenters. The highest BCUT2D eigenvalue weighted by Crippen LogP contribution is 2.23. The Morgan fingerprint density at radius 2 is 0.817 bits per heavy atom. The number of aryl methyl sites for hydroxylation is 4. The van der Waals surface area contributed by atoms with Crippen molar-refractivity contribution < 1.29 is 49.8 Å². The van der Waals surface area contributed by atoms with Gasteiger partial charge in [0.25, 0.3) is 0 Å². The van der Waals surface area contributed by atoms with Gasteiger partial charge in [-0.15, -0.1) is 0 Å². The molecular formula is C56H63F3N2O8S2. The number of benzene rings is 6. The van der Waals surface area contributed by atoms with Crippen molar-refractivity contribution in [3.05, 3.63) is 190 Å². The van der Waals surface area contributed by atoms with Gasteiger partial charge in [0.2, 0.25) is 0 Å². The zero-order valence-corrected chi connectivity index (χ0v) is 41.4. The quantitative estimate of drug-likeness (QED) is 0.0274. The summed E-state index contributed by atoms with van der Waals surface area (Å²) in [4.78, 5) is 21.3. The van der Waals surface area contributed by atoms with E-state index in [2.05, 4.69) is 28.8 Å². The highest BCUT2D eigenvalue weighted by molar-refractivity contribution is 7.91. The van der Waals surface area contributed by atoms with E-state index in [1.807, 2.05) is 54.6 Å². The average molecular weight is 1010 g/mol. The minimum atomic E-state index is -3.76. The standard InChI is InChI=1S/C28H31F2NO4S.C28H32FNO4S/c29-24-16-17-27(25(30)20-24)36(34,35)19-7-3-1-2-6-18-31-26-9-5-4-8-22(26)13-10-21-11-14-23(15-12-21)28(32)33;29-25-11-5-7-13-27(25)35(33,34)21-9-3-1-2-8-20-30-26-12-6-4-10-23(26)17-14-22-15-18-24(19-16-22)28(31)32/h4-5,8-9,11-12,14-17,20,31H,1-3,6-7,10,13,18-19H2,(H,32,33);4-7,10-13,15-16,18-19,30H,1-3,8-9,14,17,20-21H2,(H,31,32). The number of anilines is 2. The molecule has 0 saturated heterocycles. The second-order valence-electron chi connectivity index (χ2n) is 17.4. The SMILES string of the molecule is O=C(O)c1ccc(CCc2ccccc2NCCCCCCCS(=O)(=O)c2ccc(F)cc2F)cc1.O=C(O)c1ccc(CCc2ccccc2NCCCCCCCS(=O)(=O)c2ccccc2F)cc1. The molecule has 0 aliphatic carbocycles. The third kappa shape index (κ3) is 18.7. The number of carbonyl (C=O) groups is 2. The van der Waals surface area contributed by atoms with Crippen LogP contribution < -0.4 is 10.6 Å². The molecule has 0 aliphatic heterocycles. The lowest BCUT2D eigenvalue weighted by molar-refractivity contribution is 0.0686. The Morgan fingerprint density at radius 3 is 1.25 bits per heavy atom. The second kappa shape index (κ2) is 28.4. The maximum atomic E-state index is 13.8.